The molecule has 0 heterocycles. The zero-order valence-electron chi connectivity index (χ0n) is 11.2. The van der Waals surface area contributed by atoms with Crippen molar-refractivity contribution in [3.8, 4) is 11.5 Å². The summed E-state index contributed by atoms with van der Waals surface area (Å²) in [6.07, 6.45) is 1.00. The third-order valence-electron chi connectivity index (χ3n) is 3.00. The Morgan fingerprint density at radius 1 is 1.16 bits per heavy atom. The molecular weight excluding hydrogens is 302 g/mol. The van der Waals surface area contributed by atoms with E-state index in [1.54, 1.807) is 0 Å². The van der Waals surface area contributed by atoms with Gasteiger partial charge in [0.1, 0.15) is 11.5 Å². The second-order valence-corrected chi connectivity index (χ2v) is 5.43. The molecule has 0 spiro atoms. The lowest BCUT2D eigenvalue weighted by atomic mass is 10.1. The molecule has 0 saturated heterocycles. The third kappa shape index (κ3) is 3.58. The van der Waals surface area contributed by atoms with Crippen LogP contribution in [-0.4, -0.2) is 0 Å². The Labute approximate surface area is 122 Å². The van der Waals surface area contributed by atoms with Gasteiger partial charge in [0.25, 0.3) is 0 Å². The monoisotopic (exact) mass is 319 g/mol. The van der Waals surface area contributed by atoms with Crippen molar-refractivity contribution >= 4 is 15.9 Å². The molecule has 0 saturated carbocycles. The Kier molecular flexibility index (Phi) is 4.61. The lowest BCUT2D eigenvalue weighted by molar-refractivity contribution is 0.481. The maximum absolute atomic E-state index is 5.88. The normalized spacial score (nSPS) is 12.2. The molecule has 0 aliphatic carbocycles. The number of rotatable bonds is 4. The number of hydrogen-bond donors (Lipinski definition) is 1. The summed E-state index contributed by atoms with van der Waals surface area (Å²) in [5.41, 5.74) is 8.23. The van der Waals surface area contributed by atoms with Crippen LogP contribution in [0.3, 0.4) is 0 Å². The van der Waals surface area contributed by atoms with E-state index in [2.05, 4.69) is 35.0 Å². The predicted octanol–water partition coefficient (Wildman–Crippen LogP) is 4.82. The highest BCUT2D eigenvalue weighted by Gasteiger charge is 2.07. The fraction of sp³-hybridized carbons (Fsp3) is 0.250. The van der Waals surface area contributed by atoms with Gasteiger partial charge in [-0.05, 0) is 48.7 Å². The van der Waals surface area contributed by atoms with Crippen LogP contribution in [0.25, 0.3) is 0 Å². The van der Waals surface area contributed by atoms with Crippen molar-refractivity contribution < 1.29 is 4.74 Å². The second-order valence-electron chi connectivity index (χ2n) is 4.58. The molecule has 2 N–H and O–H groups in total. The molecule has 2 rings (SSSR count). The lowest BCUT2D eigenvalue weighted by Gasteiger charge is -2.11. The van der Waals surface area contributed by atoms with E-state index < -0.39 is 0 Å². The van der Waals surface area contributed by atoms with Gasteiger partial charge in [-0.3, -0.25) is 0 Å². The van der Waals surface area contributed by atoms with Gasteiger partial charge < -0.3 is 10.5 Å². The van der Waals surface area contributed by atoms with Gasteiger partial charge in [-0.1, -0.05) is 41.1 Å². The SMILES string of the molecule is CCc1cccc(Oc2ccc(C(C)N)c(Br)c2)c1. The molecule has 2 nitrogen and oxygen atoms in total. The summed E-state index contributed by atoms with van der Waals surface area (Å²) in [6.45, 7) is 4.10. The number of ether oxygens (including phenoxy) is 1. The van der Waals surface area contributed by atoms with Crippen molar-refractivity contribution in [1.82, 2.24) is 0 Å². The van der Waals surface area contributed by atoms with Gasteiger partial charge in [0.05, 0.1) is 0 Å². The molecule has 2 aromatic rings. The molecule has 0 fully saturated rings. The second kappa shape index (κ2) is 6.22. The number of hydrogen-bond acceptors (Lipinski definition) is 2. The van der Waals surface area contributed by atoms with Crippen LogP contribution in [0.15, 0.2) is 46.9 Å². The Balaban J connectivity index is 2.21. The van der Waals surface area contributed by atoms with Gasteiger partial charge in [0, 0.05) is 10.5 Å². The quantitative estimate of drug-likeness (QED) is 0.876. The molecule has 3 heteroatoms. The fourth-order valence-corrected chi connectivity index (χ4v) is 2.62. The van der Waals surface area contributed by atoms with Crippen molar-refractivity contribution in [2.75, 3.05) is 0 Å². The largest absolute Gasteiger partial charge is 0.457 e. The van der Waals surface area contributed by atoms with Gasteiger partial charge >= 0.3 is 0 Å². The van der Waals surface area contributed by atoms with E-state index in [-0.39, 0.29) is 6.04 Å². The molecule has 0 radical (unpaired) electrons. The van der Waals surface area contributed by atoms with Gasteiger partial charge in [0.2, 0.25) is 0 Å². The van der Waals surface area contributed by atoms with Crippen LogP contribution < -0.4 is 10.5 Å². The summed E-state index contributed by atoms with van der Waals surface area (Å²) >= 11 is 3.53. The first kappa shape index (κ1) is 14.1. The number of nitrogens with two attached hydrogens (primary N) is 1. The van der Waals surface area contributed by atoms with E-state index in [1.807, 2.05) is 37.3 Å². The van der Waals surface area contributed by atoms with E-state index in [1.165, 1.54) is 5.56 Å². The Morgan fingerprint density at radius 3 is 2.53 bits per heavy atom. The van der Waals surface area contributed by atoms with E-state index in [0.29, 0.717) is 0 Å². The first-order chi connectivity index (χ1) is 9.10. The minimum Gasteiger partial charge on any atom is -0.457 e. The van der Waals surface area contributed by atoms with Crippen LogP contribution in [0.5, 0.6) is 11.5 Å². The van der Waals surface area contributed by atoms with Gasteiger partial charge in [0.15, 0.2) is 0 Å². The number of aryl methyl sites for hydroxylation is 1. The first-order valence-corrected chi connectivity index (χ1v) is 7.21. The minimum absolute atomic E-state index is 0.00634. The highest BCUT2D eigenvalue weighted by molar-refractivity contribution is 9.10. The summed E-state index contributed by atoms with van der Waals surface area (Å²) in [7, 11) is 0. The molecule has 0 aliphatic heterocycles. The van der Waals surface area contributed by atoms with Crippen LogP contribution in [0, 0.1) is 0 Å². The van der Waals surface area contributed by atoms with Crippen LogP contribution >= 0.6 is 15.9 Å². The highest BCUT2D eigenvalue weighted by Crippen LogP contribution is 2.29. The molecular formula is C16H18BrNO. The molecule has 1 atom stereocenters. The molecule has 100 valence electrons. The maximum Gasteiger partial charge on any atom is 0.128 e. The number of halogens is 1. The minimum atomic E-state index is 0.00634. The van der Waals surface area contributed by atoms with E-state index in [4.69, 9.17) is 10.5 Å². The maximum atomic E-state index is 5.88. The van der Waals surface area contributed by atoms with Crippen LogP contribution in [0.4, 0.5) is 0 Å². The van der Waals surface area contributed by atoms with Crippen LogP contribution in [0.2, 0.25) is 0 Å². The van der Waals surface area contributed by atoms with Crippen LogP contribution in [0.1, 0.15) is 31.0 Å². The summed E-state index contributed by atoms with van der Waals surface area (Å²) in [5, 5.41) is 0. The molecule has 19 heavy (non-hydrogen) atoms. The lowest BCUT2D eigenvalue weighted by Crippen LogP contribution is -2.05. The van der Waals surface area contributed by atoms with Gasteiger partial charge in [-0.25, -0.2) is 0 Å². The summed E-state index contributed by atoms with van der Waals surface area (Å²) in [6, 6.07) is 14.0. The Hall–Kier alpha value is -1.32. The predicted molar refractivity (Wildman–Crippen MR) is 82.6 cm³/mol. The number of benzene rings is 2. The molecule has 0 aromatic heterocycles. The Bertz CT molecular complexity index is 566. The standard InChI is InChI=1S/C16H18BrNO/c1-3-12-5-4-6-13(9-12)19-14-7-8-15(11(2)18)16(17)10-14/h4-11H,3,18H2,1-2H3. The Morgan fingerprint density at radius 2 is 1.89 bits per heavy atom. The zero-order chi connectivity index (χ0) is 13.8. The van der Waals surface area contributed by atoms with Crippen LogP contribution in [-0.2, 0) is 6.42 Å². The van der Waals surface area contributed by atoms with Crippen molar-refractivity contribution in [2.45, 2.75) is 26.3 Å². The van der Waals surface area contributed by atoms with E-state index in [9.17, 15) is 0 Å². The molecule has 0 aliphatic rings. The average molecular weight is 320 g/mol. The molecule has 0 amide bonds. The average Bonchev–Trinajstić information content (AvgIpc) is 2.38. The highest BCUT2D eigenvalue weighted by atomic mass is 79.9. The van der Waals surface area contributed by atoms with Gasteiger partial charge in [-0.2, -0.15) is 0 Å². The van der Waals surface area contributed by atoms with E-state index in [0.717, 1.165) is 28.0 Å². The van der Waals surface area contributed by atoms with Crippen molar-refractivity contribution in [2.24, 2.45) is 5.73 Å². The summed E-state index contributed by atoms with van der Waals surface area (Å²) in [4.78, 5) is 0. The third-order valence-corrected chi connectivity index (χ3v) is 3.69. The first-order valence-electron chi connectivity index (χ1n) is 6.42. The fourth-order valence-electron chi connectivity index (χ4n) is 1.91. The molecule has 1 unspecified atom stereocenters. The molecule has 0 bridgehead atoms. The topological polar surface area (TPSA) is 35.2 Å². The summed E-state index contributed by atoms with van der Waals surface area (Å²) in [5.74, 6) is 1.67. The van der Waals surface area contributed by atoms with Crippen molar-refractivity contribution in [3.63, 3.8) is 0 Å². The van der Waals surface area contributed by atoms with Crippen molar-refractivity contribution in [1.29, 1.82) is 0 Å². The summed E-state index contributed by atoms with van der Waals surface area (Å²) < 4.78 is 6.84. The smallest absolute Gasteiger partial charge is 0.128 e. The van der Waals surface area contributed by atoms with Crippen molar-refractivity contribution in [3.05, 3.63) is 58.1 Å². The van der Waals surface area contributed by atoms with E-state index >= 15 is 0 Å². The molecule has 2 aromatic carbocycles. The van der Waals surface area contributed by atoms with Gasteiger partial charge in [-0.15, -0.1) is 0 Å². The zero-order valence-corrected chi connectivity index (χ0v) is 12.8.